The van der Waals surface area contributed by atoms with Crippen molar-refractivity contribution >= 4 is 17.5 Å². The molecule has 39 heavy (non-hydrogen) atoms. The molecular formula is C29H36NO9+. The first-order chi connectivity index (χ1) is 18.4. The van der Waals surface area contributed by atoms with Crippen molar-refractivity contribution in [2.24, 2.45) is 28.6 Å². The maximum Gasteiger partial charge on any atom is 0.475 e. The van der Waals surface area contributed by atoms with Gasteiger partial charge in [0.25, 0.3) is 0 Å². The SMILES string of the molecule is C[C@]12CCC(=O)C=C1CC[C@@H]1[C@@H]2[C@@H](O)C[C@@]2(C)[C@H]1CC[C@]2(O)C(=O)COC(=O)c1ccc(CO[N+](=O)O)cc1. The number of benzene rings is 1. The molecule has 0 spiro atoms. The molecule has 0 aliphatic heterocycles. The zero-order valence-electron chi connectivity index (χ0n) is 22.3. The predicted octanol–water partition coefficient (Wildman–Crippen LogP) is 3.25. The number of hydrogen-bond donors (Lipinski definition) is 3. The van der Waals surface area contributed by atoms with Gasteiger partial charge in [0.15, 0.2) is 19.0 Å². The van der Waals surface area contributed by atoms with Crippen LogP contribution in [0.1, 0.15) is 74.7 Å². The number of fused-ring (bicyclic) bond motifs is 5. The average molecular weight is 543 g/mol. The summed E-state index contributed by atoms with van der Waals surface area (Å²) >= 11 is 0. The van der Waals surface area contributed by atoms with E-state index in [0.717, 1.165) is 18.4 Å². The first kappa shape index (κ1) is 27.5. The second kappa shape index (κ2) is 9.82. The minimum absolute atomic E-state index is 0.0265. The van der Waals surface area contributed by atoms with Gasteiger partial charge < -0.3 is 14.9 Å². The van der Waals surface area contributed by atoms with Crippen LogP contribution < -0.4 is 0 Å². The van der Waals surface area contributed by atoms with Crippen molar-refractivity contribution in [1.29, 1.82) is 0 Å². The number of nitrogens with zero attached hydrogens (tertiary/aromatic N) is 1. The summed E-state index contributed by atoms with van der Waals surface area (Å²) < 4.78 is 5.28. The van der Waals surface area contributed by atoms with Crippen LogP contribution in [0, 0.1) is 33.5 Å². The van der Waals surface area contributed by atoms with E-state index >= 15 is 0 Å². The lowest BCUT2D eigenvalue weighted by Crippen LogP contribution is -2.62. The Morgan fingerprint density at radius 3 is 2.51 bits per heavy atom. The van der Waals surface area contributed by atoms with Gasteiger partial charge in [-0.3, -0.25) is 9.59 Å². The van der Waals surface area contributed by atoms with E-state index in [1.807, 2.05) is 6.92 Å². The number of carbonyl (C=O) groups is 3. The highest BCUT2D eigenvalue weighted by molar-refractivity contribution is 5.94. The molecule has 0 saturated heterocycles. The fourth-order valence-electron chi connectivity index (χ4n) is 8.35. The molecule has 1 aromatic carbocycles. The Morgan fingerprint density at radius 2 is 1.82 bits per heavy atom. The van der Waals surface area contributed by atoms with E-state index in [9.17, 15) is 29.5 Å². The van der Waals surface area contributed by atoms with Gasteiger partial charge in [0, 0.05) is 11.8 Å². The second-order valence-corrected chi connectivity index (χ2v) is 12.2. The molecule has 210 valence electrons. The summed E-state index contributed by atoms with van der Waals surface area (Å²) in [5, 5.41) is 31.2. The normalized spacial score (nSPS) is 37.1. The molecule has 1 aromatic rings. The molecule has 3 fully saturated rings. The number of carbonyl (C=O) groups excluding carboxylic acids is 3. The van der Waals surface area contributed by atoms with Crippen molar-refractivity contribution in [2.75, 3.05) is 6.61 Å². The molecule has 0 amide bonds. The molecule has 0 aromatic heterocycles. The van der Waals surface area contributed by atoms with Crippen LogP contribution >= 0.6 is 0 Å². The molecule has 10 nitrogen and oxygen atoms in total. The standard InChI is InChI=1S/C29H36NO9/c1-27-11-9-20(31)13-19(27)7-8-21-22-10-12-29(35,28(22,2)14-23(32)25(21)27)24(33)16-38-26(34)18-5-3-17(4-6-18)15-39-30(36)37/h3-6,13,21-23,25,32,35H,7-12,14-16H2,1-2H3,(H,36,37)/q+1/t21-,22-,23-,25+,27-,28-,29-/m0/s1. The van der Waals surface area contributed by atoms with Crippen LogP contribution in [0.25, 0.3) is 0 Å². The Bertz CT molecular complexity index is 1230. The number of ketones is 2. The van der Waals surface area contributed by atoms with Crippen molar-refractivity contribution in [3.63, 3.8) is 0 Å². The number of aliphatic hydroxyl groups is 2. The highest BCUT2D eigenvalue weighted by Crippen LogP contribution is 2.67. The minimum atomic E-state index is -1.72. The van der Waals surface area contributed by atoms with Gasteiger partial charge in [0.1, 0.15) is 10.5 Å². The van der Waals surface area contributed by atoms with Gasteiger partial charge in [-0.2, -0.15) is 4.84 Å². The van der Waals surface area contributed by atoms with Gasteiger partial charge in [0.05, 0.1) is 11.7 Å². The van der Waals surface area contributed by atoms with Crippen LogP contribution in [-0.4, -0.2) is 56.4 Å². The van der Waals surface area contributed by atoms with Crippen molar-refractivity contribution in [3.8, 4) is 0 Å². The minimum Gasteiger partial charge on any atom is -0.454 e. The van der Waals surface area contributed by atoms with Crippen molar-refractivity contribution in [1.82, 2.24) is 0 Å². The molecule has 0 bridgehead atoms. The number of ether oxygens (including phenoxy) is 1. The zero-order valence-corrected chi connectivity index (χ0v) is 22.3. The lowest BCUT2D eigenvalue weighted by Gasteiger charge is -2.60. The molecule has 5 rings (SSSR count). The summed E-state index contributed by atoms with van der Waals surface area (Å²) in [7, 11) is 0. The lowest BCUT2D eigenvalue weighted by atomic mass is 9.45. The maximum atomic E-state index is 13.4. The zero-order chi connectivity index (χ0) is 28.2. The Hall–Kier alpha value is -3.11. The first-order valence-corrected chi connectivity index (χ1v) is 13.6. The first-order valence-electron chi connectivity index (χ1n) is 13.6. The van der Waals surface area contributed by atoms with E-state index < -0.39 is 40.6 Å². The fourth-order valence-corrected chi connectivity index (χ4v) is 8.35. The molecule has 0 radical (unpaired) electrons. The third-order valence-electron chi connectivity index (χ3n) is 10.4. The third kappa shape index (κ3) is 4.47. The summed E-state index contributed by atoms with van der Waals surface area (Å²) in [4.78, 5) is 53.0. The number of aliphatic hydroxyl groups excluding tert-OH is 1. The number of hydrogen-bond acceptors (Lipinski definition) is 8. The van der Waals surface area contributed by atoms with Crippen molar-refractivity contribution in [2.45, 2.75) is 77.1 Å². The van der Waals surface area contributed by atoms with E-state index in [1.54, 1.807) is 6.08 Å². The topological polar surface area (TPSA) is 150 Å². The molecule has 3 N–H and O–H groups in total. The van der Waals surface area contributed by atoms with E-state index in [2.05, 4.69) is 11.8 Å². The number of esters is 1. The van der Waals surface area contributed by atoms with Crippen LogP contribution in [0.3, 0.4) is 0 Å². The van der Waals surface area contributed by atoms with Gasteiger partial charge >= 0.3 is 11.1 Å². The summed E-state index contributed by atoms with van der Waals surface area (Å²) in [5.41, 5.74) is -1.00. The predicted molar refractivity (Wildman–Crippen MR) is 135 cm³/mol. The van der Waals surface area contributed by atoms with Gasteiger partial charge in [-0.1, -0.05) is 31.6 Å². The number of Topliss-reactive ketones (excluding diaryl/α,β-unsaturated/α-hetero) is 1. The average Bonchev–Trinajstić information content (AvgIpc) is 3.17. The Morgan fingerprint density at radius 1 is 1.10 bits per heavy atom. The molecule has 4 aliphatic carbocycles. The molecule has 4 aliphatic rings. The van der Waals surface area contributed by atoms with Crippen LogP contribution in [0.15, 0.2) is 35.9 Å². The summed E-state index contributed by atoms with van der Waals surface area (Å²) in [5.74, 6) is -1.02. The summed E-state index contributed by atoms with van der Waals surface area (Å²) in [6, 6.07) is 5.93. The highest BCUT2D eigenvalue weighted by Gasteiger charge is 2.68. The largest absolute Gasteiger partial charge is 0.475 e. The second-order valence-electron chi connectivity index (χ2n) is 12.2. The monoisotopic (exact) mass is 542 g/mol. The molecule has 7 atom stereocenters. The molecular weight excluding hydrogens is 506 g/mol. The van der Waals surface area contributed by atoms with E-state index in [-0.39, 0.29) is 54.0 Å². The van der Waals surface area contributed by atoms with E-state index in [0.29, 0.717) is 24.8 Å². The van der Waals surface area contributed by atoms with Crippen LogP contribution in [-0.2, 0) is 25.8 Å². The van der Waals surface area contributed by atoms with Gasteiger partial charge in [0.2, 0.25) is 5.78 Å². The number of rotatable bonds is 7. The molecule has 10 heteroatoms. The maximum absolute atomic E-state index is 13.4. The number of allylic oxidation sites excluding steroid dienone is 1. The van der Waals surface area contributed by atoms with Crippen LogP contribution in [0.5, 0.6) is 0 Å². The smallest absolute Gasteiger partial charge is 0.454 e. The molecule has 3 saturated carbocycles. The summed E-state index contributed by atoms with van der Waals surface area (Å²) in [6.07, 6.45) is 4.99. The molecule has 0 heterocycles. The molecule has 0 unspecified atom stereocenters. The van der Waals surface area contributed by atoms with Gasteiger partial charge in [-0.25, -0.2) is 10.0 Å². The quantitative estimate of drug-likeness (QED) is 0.348. The van der Waals surface area contributed by atoms with Crippen molar-refractivity contribution in [3.05, 3.63) is 51.9 Å². The van der Waals surface area contributed by atoms with Crippen LogP contribution in [0.4, 0.5) is 0 Å². The van der Waals surface area contributed by atoms with E-state index in [4.69, 9.17) is 9.94 Å². The third-order valence-corrected chi connectivity index (χ3v) is 10.4. The van der Waals surface area contributed by atoms with Gasteiger partial charge in [-0.15, -0.1) is 0 Å². The lowest BCUT2D eigenvalue weighted by molar-refractivity contribution is -0.979. The van der Waals surface area contributed by atoms with Gasteiger partial charge in [-0.05, 0) is 85.5 Å². The Labute approximate surface area is 226 Å². The van der Waals surface area contributed by atoms with Crippen LogP contribution in [0.2, 0.25) is 0 Å². The van der Waals surface area contributed by atoms with Crippen molar-refractivity contribution < 1.29 is 44.5 Å². The summed E-state index contributed by atoms with van der Waals surface area (Å²) in [6.45, 7) is 3.26. The van der Waals surface area contributed by atoms with E-state index in [1.165, 1.54) is 24.3 Å². The fraction of sp³-hybridized carbons (Fsp3) is 0.621. The Balaban J connectivity index is 1.28. The highest BCUT2D eigenvalue weighted by atomic mass is 16.9. The Kier molecular flexibility index (Phi) is 6.91.